The highest BCUT2D eigenvalue weighted by molar-refractivity contribution is 5.93. The van der Waals surface area contributed by atoms with Crippen LogP contribution in [-0.2, 0) is 11.2 Å². The number of nitrogens with one attached hydrogen (secondary N) is 1. The maximum atomic E-state index is 13.5. The monoisotopic (exact) mass is 459 g/mol. The molecule has 3 aromatic rings. The van der Waals surface area contributed by atoms with Crippen LogP contribution in [-0.4, -0.2) is 53.1 Å². The van der Waals surface area contributed by atoms with Crippen LogP contribution in [0.1, 0.15) is 39.6 Å². The Hall–Kier alpha value is -4.07. The van der Waals surface area contributed by atoms with Crippen molar-refractivity contribution in [2.45, 2.75) is 18.9 Å². The van der Waals surface area contributed by atoms with Crippen LogP contribution in [0.15, 0.2) is 60.8 Å². The molecule has 34 heavy (non-hydrogen) atoms. The Balaban J connectivity index is 1.57. The van der Waals surface area contributed by atoms with Crippen LogP contribution in [0.3, 0.4) is 0 Å². The molecule has 2 amide bonds. The standard InChI is InChI=1S/C26H25N3O5/c30-19-5-8-23(28-15-19)26(32)29-11-9-17-13-21-6-7-22(17)25(29)18-3-1-4-20(14-18)33-12-2-10-27-24(31)16-34-21/h1,3-8,13-15,25,30H,2,9-12,16H2,(H,27,31). The van der Waals surface area contributed by atoms with E-state index in [1.165, 1.54) is 18.3 Å². The Morgan fingerprint density at radius 1 is 1.09 bits per heavy atom. The first-order valence-corrected chi connectivity index (χ1v) is 11.3. The summed E-state index contributed by atoms with van der Waals surface area (Å²) in [6.45, 7) is 1.37. The van der Waals surface area contributed by atoms with Crippen molar-refractivity contribution in [1.29, 1.82) is 0 Å². The Labute approximate surface area is 197 Å². The average Bonchev–Trinajstić information content (AvgIpc) is 2.86. The summed E-state index contributed by atoms with van der Waals surface area (Å²) in [7, 11) is 0. The molecule has 1 atom stereocenters. The highest BCUT2D eigenvalue weighted by atomic mass is 16.5. The number of pyridine rings is 1. The van der Waals surface area contributed by atoms with Crippen LogP contribution in [0.25, 0.3) is 0 Å². The van der Waals surface area contributed by atoms with Gasteiger partial charge < -0.3 is 24.8 Å². The number of hydrogen-bond acceptors (Lipinski definition) is 6. The van der Waals surface area contributed by atoms with Gasteiger partial charge in [-0.3, -0.25) is 9.59 Å². The molecule has 3 aliphatic heterocycles. The number of benzene rings is 2. The Kier molecular flexibility index (Phi) is 6.03. The van der Waals surface area contributed by atoms with Gasteiger partial charge in [0.1, 0.15) is 22.9 Å². The molecule has 6 bridgehead atoms. The van der Waals surface area contributed by atoms with E-state index in [2.05, 4.69) is 10.3 Å². The van der Waals surface area contributed by atoms with Crippen LogP contribution in [0.2, 0.25) is 0 Å². The minimum atomic E-state index is -0.347. The lowest BCUT2D eigenvalue weighted by atomic mass is 9.87. The smallest absolute Gasteiger partial charge is 0.273 e. The number of ether oxygens (including phenoxy) is 2. The third-order valence-corrected chi connectivity index (χ3v) is 6.03. The lowest BCUT2D eigenvalue weighted by Gasteiger charge is -2.38. The van der Waals surface area contributed by atoms with E-state index in [0.29, 0.717) is 44.0 Å². The van der Waals surface area contributed by atoms with E-state index < -0.39 is 0 Å². The minimum Gasteiger partial charge on any atom is -0.506 e. The lowest BCUT2D eigenvalue weighted by Crippen LogP contribution is -2.41. The molecular formula is C26H25N3O5. The zero-order chi connectivity index (χ0) is 23.5. The van der Waals surface area contributed by atoms with E-state index in [9.17, 15) is 14.7 Å². The number of nitrogens with zero attached hydrogens (tertiary/aromatic N) is 2. The number of carbonyl (C=O) groups is 2. The molecule has 0 spiro atoms. The van der Waals surface area contributed by atoms with Crippen molar-refractivity contribution < 1.29 is 24.2 Å². The van der Waals surface area contributed by atoms with Gasteiger partial charge in [-0.2, -0.15) is 0 Å². The zero-order valence-corrected chi connectivity index (χ0v) is 18.6. The maximum absolute atomic E-state index is 13.5. The Morgan fingerprint density at radius 3 is 2.82 bits per heavy atom. The summed E-state index contributed by atoms with van der Waals surface area (Å²) in [5.41, 5.74) is 3.25. The maximum Gasteiger partial charge on any atom is 0.273 e. The molecule has 8 heteroatoms. The van der Waals surface area contributed by atoms with Gasteiger partial charge in [0.2, 0.25) is 0 Å². The first-order chi connectivity index (χ1) is 16.6. The van der Waals surface area contributed by atoms with Gasteiger partial charge in [-0.25, -0.2) is 4.98 Å². The SMILES string of the molecule is O=C1COc2ccc3c(c2)CCN(C(=O)c2ccc(O)cn2)C3c2cccc(c2)OCCCN1. The van der Waals surface area contributed by atoms with E-state index >= 15 is 0 Å². The van der Waals surface area contributed by atoms with E-state index in [1.807, 2.05) is 42.5 Å². The third-order valence-electron chi connectivity index (χ3n) is 6.03. The Morgan fingerprint density at radius 2 is 1.97 bits per heavy atom. The fraction of sp³-hybridized carbons (Fsp3) is 0.269. The first-order valence-electron chi connectivity index (χ1n) is 11.3. The second-order valence-corrected chi connectivity index (χ2v) is 8.33. The summed E-state index contributed by atoms with van der Waals surface area (Å²) in [6, 6.07) is 16.1. The second kappa shape index (κ2) is 9.43. The number of fused-ring (bicyclic) bond motifs is 8. The van der Waals surface area contributed by atoms with Crippen molar-refractivity contribution in [2.24, 2.45) is 0 Å². The number of aromatic nitrogens is 1. The fourth-order valence-electron chi connectivity index (χ4n) is 4.40. The molecule has 0 fully saturated rings. The highest BCUT2D eigenvalue weighted by Gasteiger charge is 2.33. The normalized spacial score (nSPS) is 17.9. The molecule has 0 radical (unpaired) electrons. The predicted molar refractivity (Wildman–Crippen MR) is 124 cm³/mol. The molecule has 4 heterocycles. The molecule has 1 unspecified atom stereocenters. The van der Waals surface area contributed by atoms with Crippen molar-refractivity contribution >= 4 is 11.8 Å². The van der Waals surface area contributed by atoms with Crippen molar-refractivity contribution in [3.05, 3.63) is 83.2 Å². The van der Waals surface area contributed by atoms with Gasteiger partial charge in [0, 0.05) is 13.1 Å². The molecule has 2 aromatic carbocycles. The van der Waals surface area contributed by atoms with E-state index in [4.69, 9.17) is 9.47 Å². The highest BCUT2D eigenvalue weighted by Crippen LogP contribution is 2.38. The zero-order valence-electron chi connectivity index (χ0n) is 18.6. The van der Waals surface area contributed by atoms with Gasteiger partial charge in [0.05, 0.1) is 18.8 Å². The summed E-state index contributed by atoms with van der Waals surface area (Å²) in [6.07, 6.45) is 2.57. The first kappa shape index (κ1) is 21.8. The predicted octanol–water partition coefficient (Wildman–Crippen LogP) is 2.85. The molecule has 6 rings (SSSR count). The molecule has 0 aliphatic carbocycles. The quantitative estimate of drug-likeness (QED) is 0.580. The van der Waals surface area contributed by atoms with Crippen LogP contribution < -0.4 is 14.8 Å². The van der Waals surface area contributed by atoms with Crippen LogP contribution in [0, 0.1) is 0 Å². The second-order valence-electron chi connectivity index (χ2n) is 8.33. The van der Waals surface area contributed by atoms with Gasteiger partial charge >= 0.3 is 0 Å². The molecule has 0 saturated heterocycles. The van der Waals surface area contributed by atoms with E-state index in [-0.39, 0.29) is 35.9 Å². The molecular weight excluding hydrogens is 434 g/mol. The van der Waals surface area contributed by atoms with Gasteiger partial charge in [-0.05, 0) is 65.9 Å². The molecule has 3 aliphatic rings. The van der Waals surface area contributed by atoms with E-state index in [0.717, 1.165) is 16.7 Å². The minimum absolute atomic E-state index is 0.0105. The summed E-state index contributed by atoms with van der Waals surface area (Å²) in [4.78, 5) is 31.5. The number of amides is 2. The molecule has 8 nitrogen and oxygen atoms in total. The third kappa shape index (κ3) is 4.52. The van der Waals surface area contributed by atoms with Gasteiger partial charge in [-0.1, -0.05) is 18.2 Å². The van der Waals surface area contributed by atoms with E-state index in [1.54, 1.807) is 4.90 Å². The number of carbonyl (C=O) groups excluding carboxylic acids is 2. The van der Waals surface area contributed by atoms with Crippen molar-refractivity contribution in [3.8, 4) is 17.2 Å². The summed E-state index contributed by atoms with van der Waals surface area (Å²) >= 11 is 0. The van der Waals surface area contributed by atoms with Crippen molar-refractivity contribution in [1.82, 2.24) is 15.2 Å². The summed E-state index contributed by atoms with van der Waals surface area (Å²) in [5, 5.41) is 12.4. The van der Waals surface area contributed by atoms with Gasteiger partial charge in [0.25, 0.3) is 11.8 Å². The number of rotatable bonds is 1. The van der Waals surface area contributed by atoms with Gasteiger partial charge in [0.15, 0.2) is 6.61 Å². The van der Waals surface area contributed by atoms with Crippen LogP contribution >= 0.6 is 0 Å². The van der Waals surface area contributed by atoms with Gasteiger partial charge in [-0.15, -0.1) is 0 Å². The van der Waals surface area contributed by atoms with Crippen molar-refractivity contribution in [2.75, 3.05) is 26.3 Å². The summed E-state index contributed by atoms with van der Waals surface area (Å²) in [5.74, 6) is 0.947. The van der Waals surface area contributed by atoms with Crippen LogP contribution in [0.4, 0.5) is 0 Å². The van der Waals surface area contributed by atoms with Crippen LogP contribution in [0.5, 0.6) is 17.2 Å². The summed E-state index contributed by atoms with van der Waals surface area (Å²) < 4.78 is 11.6. The topological polar surface area (TPSA) is 101 Å². The molecule has 0 saturated carbocycles. The Bertz CT molecular complexity index is 1210. The lowest BCUT2D eigenvalue weighted by molar-refractivity contribution is -0.123. The molecule has 2 N–H and O–H groups in total. The number of hydrogen-bond donors (Lipinski definition) is 2. The molecule has 1 aromatic heterocycles. The van der Waals surface area contributed by atoms with Crippen molar-refractivity contribution in [3.63, 3.8) is 0 Å². The number of aromatic hydroxyl groups is 1. The largest absolute Gasteiger partial charge is 0.506 e. The average molecular weight is 460 g/mol. The fourth-order valence-corrected chi connectivity index (χ4v) is 4.40. The molecule has 174 valence electrons.